The average Bonchev–Trinajstić information content (AvgIpc) is 3.05. The first-order valence-corrected chi connectivity index (χ1v) is 8.36. The third-order valence-electron chi connectivity index (χ3n) is 4.90. The van der Waals surface area contributed by atoms with E-state index in [4.69, 9.17) is 4.42 Å². The van der Waals surface area contributed by atoms with E-state index in [0.717, 1.165) is 42.6 Å². The summed E-state index contributed by atoms with van der Waals surface area (Å²) in [5, 5.41) is 3.74. The van der Waals surface area contributed by atoms with Crippen molar-refractivity contribution in [1.82, 2.24) is 10.2 Å². The Balaban J connectivity index is 1.65. The van der Waals surface area contributed by atoms with Crippen LogP contribution >= 0.6 is 0 Å². The molecule has 2 bridgehead atoms. The molecular weight excluding hydrogens is 248 g/mol. The summed E-state index contributed by atoms with van der Waals surface area (Å²) in [7, 11) is 0. The molecule has 2 unspecified atom stereocenters. The maximum absolute atomic E-state index is 5.91. The molecule has 20 heavy (non-hydrogen) atoms. The topological polar surface area (TPSA) is 28.4 Å². The van der Waals surface area contributed by atoms with Gasteiger partial charge in [0.2, 0.25) is 0 Å². The summed E-state index contributed by atoms with van der Waals surface area (Å²) in [6.45, 7) is 6.60. The molecule has 0 spiro atoms. The summed E-state index contributed by atoms with van der Waals surface area (Å²) in [5.74, 6) is 2.25. The molecule has 3 rings (SSSR count). The van der Waals surface area contributed by atoms with E-state index in [2.05, 4.69) is 36.2 Å². The first-order chi connectivity index (χ1) is 9.78. The lowest BCUT2D eigenvalue weighted by Crippen LogP contribution is -2.48. The minimum absolute atomic E-state index is 0.740. The van der Waals surface area contributed by atoms with Gasteiger partial charge in [0.25, 0.3) is 0 Å². The highest BCUT2D eigenvalue weighted by Gasteiger charge is 2.35. The molecule has 1 N–H and O–H groups in total. The van der Waals surface area contributed by atoms with Gasteiger partial charge >= 0.3 is 0 Å². The van der Waals surface area contributed by atoms with Crippen LogP contribution in [0.2, 0.25) is 0 Å². The van der Waals surface area contributed by atoms with Gasteiger partial charge in [0.15, 0.2) is 0 Å². The van der Waals surface area contributed by atoms with Crippen LogP contribution in [0.3, 0.4) is 0 Å². The van der Waals surface area contributed by atoms with E-state index < -0.39 is 0 Å². The molecule has 0 radical (unpaired) electrons. The van der Waals surface area contributed by atoms with Gasteiger partial charge in [-0.25, -0.2) is 0 Å². The molecule has 3 nitrogen and oxygen atoms in total. The molecule has 2 fully saturated rings. The summed E-state index contributed by atoms with van der Waals surface area (Å²) in [4.78, 5) is 2.66. The first kappa shape index (κ1) is 14.2. The van der Waals surface area contributed by atoms with E-state index >= 15 is 0 Å². The van der Waals surface area contributed by atoms with Crippen molar-refractivity contribution in [2.45, 2.75) is 77.0 Å². The number of piperidine rings is 1. The highest BCUT2D eigenvalue weighted by atomic mass is 16.3. The Morgan fingerprint density at radius 2 is 1.85 bits per heavy atom. The molecule has 0 aromatic carbocycles. The normalized spacial score (nSPS) is 29.2. The van der Waals surface area contributed by atoms with Crippen molar-refractivity contribution >= 4 is 0 Å². The number of hydrogen-bond donors (Lipinski definition) is 1. The van der Waals surface area contributed by atoms with E-state index in [0.29, 0.717) is 0 Å². The number of aryl methyl sites for hydroxylation is 1. The summed E-state index contributed by atoms with van der Waals surface area (Å²) < 4.78 is 5.91. The Bertz CT molecular complexity index is 416. The Hall–Kier alpha value is -0.800. The molecule has 2 saturated heterocycles. The molecule has 0 aliphatic carbocycles. The van der Waals surface area contributed by atoms with Crippen molar-refractivity contribution in [3.8, 4) is 0 Å². The lowest BCUT2D eigenvalue weighted by atomic mass is 9.98. The molecule has 0 saturated carbocycles. The largest absolute Gasteiger partial charge is 0.465 e. The fourth-order valence-corrected chi connectivity index (χ4v) is 3.90. The van der Waals surface area contributed by atoms with Crippen LogP contribution in [0, 0.1) is 0 Å². The van der Waals surface area contributed by atoms with Gasteiger partial charge in [0.05, 0.1) is 6.54 Å². The number of rotatable bonds is 6. The van der Waals surface area contributed by atoms with Gasteiger partial charge in [-0.15, -0.1) is 0 Å². The minimum Gasteiger partial charge on any atom is -0.465 e. The van der Waals surface area contributed by atoms with Gasteiger partial charge in [0, 0.05) is 24.5 Å². The van der Waals surface area contributed by atoms with Gasteiger partial charge in [-0.05, 0) is 50.8 Å². The second-order valence-corrected chi connectivity index (χ2v) is 6.46. The number of furan rings is 1. The van der Waals surface area contributed by atoms with Gasteiger partial charge < -0.3 is 9.73 Å². The molecule has 2 aliphatic heterocycles. The van der Waals surface area contributed by atoms with Crippen LogP contribution in [0.25, 0.3) is 0 Å². The Labute approximate surface area is 122 Å². The molecule has 1 aromatic rings. The van der Waals surface area contributed by atoms with E-state index in [1.165, 1.54) is 38.6 Å². The maximum atomic E-state index is 5.91. The second-order valence-electron chi connectivity index (χ2n) is 6.46. The quantitative estimate of drug-likeness (QED) is 0.864. The summed E-state index contributed by atoms with van der Waals surface area (Å²) in [6.07, 6.45) is 7.60. The summed E-state index contributed by atoms with van der Waals surface area (Å²) in [6, 6.07) is 6.56. The van der Waals surface area contributed by atoms with Crippen molar-refractivity contribution in [1.29, 1.82) is 0 Å². The van der Waals surface area contributed by atoms with E-state index in [1.54, 1.807) is 0 Å². The van der Waals surface area contributed by atoms with Crippen LogP contribution in [0.15, 0.2) is 16.5 Å². The van der Waals surface area contributed by atoms with Crippen LogP contribution in [-0.2, 0) is 13.0 Å². The second kappa shape index (κ2) is 6.31. The van der Waals surface area contributed by atoms with E-state index in [-0.39, 0.29) is 0 Å². The zero-order valence-electron chi connectivity index (χ0n) is 12.9. The standard InChI is InChI=1S/C17H28N2O/c1-3-9-19(12-17-8-7-16(4-2)20-17)15-10-13-5-6-14(11-15)18-13/h7-8,13-15,18H,3-6,9-12H2,1-2H3. The van der Waals surface area contributed by atoms with Crippen LogP contribution < -0.4 is 5.32 Å². The van der Waals surface area contributed by atoms with Crippen molar-refractivity contribution in [3.05, 3.63) is 23.7 Å². The zero-order chi connectivity index (χ0) is 13.9. The van der Waals surface area contributed by atoms with Crippen LogP contribution in [0.4, 0.5) is 0 Å². The van der Waals surface area contributed by atoms with Crippen molar-refractivity contribution in [2.24, 2.45) is 0 Å². The number of nitrogens with zero attached hydrogens (tertiary/aromatic N) is 1. The Kier molecular flexibility index (Phi) is 4.47. The first-order valence-electron chi connectivity index (χ1n) is 8.36. The predicted molar refractivity (Wildman–Crippen MR) is 81.8 cm³/mol. The highest BCUT2D eigenvalue weighted by Crippen LogP contribution is 2.30. The molecule has 2 aliphatic rings. The molecule has 1 aromatic heterocycles. The monoisotopic (exact) mass is 276 g/mol. The molecule has 3 heterocycles. The van der Waals surface area contributed by atoms with Gasteiger partial charge in [-0.3, -0.25) is 4.90 Å². The number of fused-ring (bicyclic) bond motifs is 2. The third kappa shape index (κ3) is 3.09. The SMILES string of the molecule is CCCN(Cc1ccc(CC)o1)C1CC2CCC(C1)N2. The summed E-state index contributed by atoms with van der Waals surface area (Å²) >= 11 is 0. The Morgan fingerprint density at radius 3 is 2.45 bits per heavy atom. The number of hydrogen-bond acceptors (Lipinski definition) is 3. The number of nitrogens with one attached hydrogen (secondary N) is 1. The summed E-state index contributed by atoms with van der Waals surface area (Å²) in [5.41, 5.74) is 0. The lowest BCUT2D eigenvalue weighted by Gasteiger charge is -2.37. The van der Waals surface area contributed by atoms with Crippen LogP contribution in [0.5, 0.6) is 0 Å². The van der Waals surface area contributed by atoms with Crippen molar-refractivity contribution < 1.29 is 4.42 Å². The van der Waals surface area contributed by atoms with Crippen molar-refractivity contribution in [3.63, 3.8) is 0 Å². The lowest BCUT2D eigenvalue weighted by molar-refractivity contribution is 0.124. The van der Waals surface area contributed by atoms with Crippen LogP contribution in [-0.4, -0.2) is 29.6 Å². The molecule has 3 heteroatoms. The highest BCUT2D eigenvalue weighted by molar-refractivity contribution is 5.07. The fraction of sp³-hybridized carbons (Fsp3) is 0.765. The van der Waals surface area contributed by atoms with E-state index in [1.807, 2.05) is 0 Å². The molecule has 112 valence electrons. The van der Waals surface area contributed by atoms with Crippen molar-refractivity contribution in [2.75, 3.05) is 6.54 Å². The van der Waals surface area contributed by atoms with Gasteiger partial charge in [0.1, 0.15) is 11.5 Å². The zero-order valence-corrected chi connectivity index (χ0v) is 12.9. The minimum atomic E-state index is 0.740. The van der Waals surface area contributed by atoms with Gasteiger partial charge in [-0.1, -0.05) is 13.8 Å². The molecule has 2 atom stereocenters. The fourth-order valence-electron chi connectivity index (χ4n) is 3.90. The predicted octanol–water partition coefficient (Wildman–Crippen LogP) is 3.34. The van der Waals surface area contributed by atoms with Gasteiger partial charge in [-0.2, -0.15) is 0 Å². The van der Waals surface area contributed by atoms with Crippen LogP contribution in [0.1, 0.15) is 57.5 Å². The maximum Gasteiger partial charge on any atom is 0.118 e. The molecular formula is C17H28N2O. The smallest absolute Gasteiger partial charge is 0.118 e. The average molecular weight is 276 g/mol. The van der Waals surface area contributed by atoms with E-state index in [9.17, 15) is 0 Å². The molecule has 0 amide bonds. The Morgan fingerprint density at radius 1 is 1.15 bits per heavy atom. The third-order valence-corrected chi connectivity index (χ3v) is 4.90.